The SMILES string of the molecule is CCN(CC)CCN(C(=O)CCSc1ccc(OC)cc1)c1nc2c(OC)ccc(Cl)c2s1. The highest BCUT2D eigenvalue weighted by Crippen LogP contribution is 2.39. The highest BCUT2D eigenvalue weighted by Gasteiger charge is 2.22. The van der Waals surface area contributed by atoms with E-state index in [0.717, 1.165) is 35.0 Å². The van der Waals surface area contributed by atoms with Crippen LogP contribution in [0.2, 0.25) is 5.02 Å². The largest absolute Gasteiger partial charge is 0.497 e. The van der Waals surface area contributed by atoms with Gasteiger partial charge < -0.3 is 14.4 Å². The van der Waals surface area contributed by atoms with Crippen LogP contribution in [0.4, 0.5) is 5.13 Å². The maximum Gasteiger partial charge on any atom is 0.229 e. The summed E-state index contributed by atoms with van der Waals surface area (Å²) in [5.41, 5.74) is 0.693. The van der Waals surface area contributed by atoms with Crippen molar-refractivity contribution in [3.05, 3.63) is 41.4 Å². The number of amides is 1. The number of benzene rings is 2. The zero-order chi connectivity index (χ0) is 23.8. The molecule has 0 aliphatic rings. The third kappa shape index (κ3) is 6.53. The highest BCUT2D eigenvalue weighted by molar-refractivity contribution is 7.99. The van der Waals surface area contributed by atoms with Crippen LogP contribution >= 0.6 is 34.7 Å². The van der Waals surface area contributed by atoms with Gasteiger partial charge in [0.1, 0.15) is 17.0 Å². The molecule has 2 aromatic carbocycles. The Bertz CT molecular complexity index is 1060. The monoisotopic (exact) mass is 507 g/mol. The highest BCUT2D eigenvalue weighted by atomic mass is 35.5. The topological polar surface area (TPSA) is 54.9 Å². The van der Waals surface area contributed by atoms with Crippen LogP contribution in [0, 0.1) is 0 Å². The van der Waals surface area contributed by atoms with Crippen molar-refractivity contribution in [1.29, 1.82) is 0 Å². The summed E-state index contributed by atoms with van der Waals surface area (Å²) in [5, 5.41) is 1.27. The van der Waals surface area contributed by atoms with E-state index in [1.165, 1.54) is 11.3 Å². The second kappa shape index (κ2) is 12.5. The number of ether oxygens (including phenoxy) is 2. The fraction of sp³-hybridized carbons (Fsp3) is 0.417. The summed E-state index contributed by atoms with van der Waals surface area (Å²) in [6.07, 6.45) is 0.412. The first kappa shape index (κ1) is 25.6. The Kier molecular flexibility index (Phi) is 9.67. The molecule has 3 rings (SSSR count). The third-order valence-electron chi connectivity index (χ3n) is 5.38. The molecular weight excluding hydrogens is 478 g/mol. The molecule has 0 aliphatic heterocycles. The number of likely N-dealkylation sites (N-methyl/N-ethyl adjacent to an activating group) is 1. The van der Waals surface area contributed by atoms with Crippen molar-refractivity contribution in [3.8, 4) is 11.5 Å². The van der Waals surface area contributed by atoms with Crippen molar-refractivity contribution in [1.82, 2.24) is 9.88 Å². The van der Waals surface area contributed by atoms with E-state index in [0.29, 0.717) is 40.1 Å². The molecule has 0 atom stereocenters. The number of halogens is 1. The number of carbonyl (C=O) groups is 1. The first-order valence-electron chi connectivity index (χ1n) is 10.9. The first-order chi connectivity index (χ1) is 16.0. The Hall–Kier alpha value is -2.00. The smallest absolute Gasteiger partial charge is 0.229 e. The van der Waals surface area contributed by atoms with Gasteiger partial charge in [-0.25, -0.2) is 4.98 Å². The summed E-state index contributed by atoms with van der Waals surface area (Å²) in [7, 11) is 3.26. The Morgan fingerprint density at radius 3 is 2.42 bits per heavy atom. The van der Waals surface area contributed by atoms with Crippen LogP contribution < -0.4 is 14.4 Å². The molecule has 0 saturated heterocycles. The third-order valence-corrected chi connectivity index (χ3v) is 7.93. The molecule has 0 fully saturated rings. The quantitative estimate of drug-likeness (QED) is 0.288. The lowest BCUT2D eigenvalue weighted by atomic mass is 10.3. The van der Waals surface area contributed by atoms with Gasteiger partial charge in [0.25, 0.3) is 0 Å². The van der Waals surface area contributed by atoms with E-state index in [-0.39, 0.29) is 5.91 Å². The predicted molar refractivity (Wildman–Crippen MR) is 140 cm³/mol. The number of aromatic nitrogens is 1. The Morgan fingerprint density at radius 1 is 1.06 bits per heavy atom. The fourth-order valence-corrected chi connectivity index (χ4v) is 5.53. The molecule has 6 nitrogen and oxygen atoms in total. The number of hydrogen-bond acceptors (Lipinski definition) is 7. The number of rotatable bonds is 12. The molecule has 0 radical (unpaired) electrons. The van der Waals surface area contributed by atoms with Gasteiger partial charge in [0.15, 0.2) is 5.13 Å². The lowest BCUT2D eigenvalue weighted by Crippen LogP contribution is -2.39. The summed E-state index contributed by atoms with van der Waals surface area (Å²) in [6, 6.07) is 11.5. The molecular formula is C24H30ClN3O3S2. The van der Waals surface area contributed by atoms with Gasteiger partial charge >= 0.3 is 0 Å². The molecule has 0 aliphatic carbocycles. The minimum absolute atomic E-state index is 0.0531. The van der Waals surface area contributed by atoms with E-state index in [1.54, 1.807) is 36.9 Å². The molecule has 33 heavy (non-hydrogen) atoms. The normalized spacial score (nSPS) is 11.2. The van der Waals surface area contributed by atoms with Crippen LogP contribution in [0.15, 0.2) is 41.3 Å². The number of fused-ring (bicyclic) bond motifs is 1. The molecule has 9 heteroatoms. The molecule has 0 N–H and O–H groups in total. The minimum Gasteiger partial charge on any atom is -0.497 e. The van der Waals surface area contributed by atoms with E-state index in [9.17, 15) is 4.79 Å². The van der Waals surface area contributed by atoms with Crippen molar-refractivity contribution in [2.45, 2.75) is 25.2 Å². The number of anilines is 1. The molecule has 3 aromatic rings. The van der Waals surface area contributed by atoms with Gasteiger partial charge in [-0.15, -0.1) is 11.8 Å². The first-order valence-corrected chi connectivity index (χ1v) is 13.1. The van der Waals surface area contributed by atoms with Crippen molar-refractivity contribution >= 4 is 56.0 Å². The minimum atomic E-state index is 0.0531. The van der Waals surface area contributed by atoms with Crippen LogP contribution in [0.1, 0.15) is 20.3 Å². The number of carbonyl (C=O) groups excluding carboxylic acids is 1. The zero-order valence-electron chi connectivity index (χ0n) is 19.5. The van der Waals surface area contributed by atoms with Gasteiger partial charge in [-0.3, -0.25) is 9.69 Å². The number of hydrogen-bond donors (Lipinski definition) is 0. The summed E-state index contributed by atoms with van der Waals surface area (Å²) in [5.74, 6) is 2.21. The van der Waals surface area contributed by atoms with E-state index in [4.69, 9.17) is 26.1 Å². The Balaban J connectivity index is 1.77. The molecule has 0 saturated carbocycles. The maximum atomic E-state index is 13.3. The molecule has 178 valence electrons. The lowest BCUT2D eigenvalue weighted by molar-refractivity contribution is -0.118. The van der Waals surface area contributed by atoms with E-state index in [1.807, 2.05) is 30.3 Å². The van der Waals surface area contributed by atoms with E-state index >= 15 is 0 Å². The van der Waals surface area contributed by atoms with Gasteiger partial charge in [-0.1, -0.05) is 36.8 Å². The average molecular weight is 508 g/mol. The van der Waals surface area contributed by atoms with Crippen LogP contribution in [0.3, 0.4) is 0 Å². The predicted octanol–water partition coefficient (Wildman–Crippen LogP) is 5.82. The average Bonchev–Trinajstić information content (AvgIpc) is 3.28. The van der Waals surface area contributed by atoms with Crippen molar-refractivity contribution < 1.29 is 14.3 Å². The maximum absolute atomic E-state index is 13.3. The second-order valence-electron chi connectivity index (χ2n) is 7.27. The van der Waals surface area contributed by atoms with Gasteiger partial charge in [0, 0.05) is 30.2 Å². The summed E-state index contributed by atoms with van der Waals surface area (Å²) in [6.45, 7) is 7.49. The van der Waals surface area contributed by atoms with Gasteiger partial charge in [-0.2, -0.15) is 0 Å². The standard InChI is InChI=1S/C24H30ClN3O3S2/c1-5-27(6-2)14-15-28(21(29)13-16-32-18-9-7-17(30-3)8-10-18)24-26-22-20(31-4)12-11-19(25)23(22)33-24/h7-12H,5-6,13-16H2,1-4H3. The van der Waals surface area contributed by atoms with Crippen LogP contribution in [-0.2, 0) is 4.79 Å². The van der Waals surface area contributed by atoms with Crippen molar-refractivity contribution in [2.24, 2.45) is 0 Å². The van der Waals surface area contributed by atoms with Gasteiger partial charge in [-0.05, 0) is 49.5 Å². The lowest BCUT2D eigenvalue weighted by Gasteiger charge is -2.24. The van der Waals surface area contributed by atoms with Crippen LogP contribution in [0.25, 0.3) is 10.2 Å². The molecule has 0 bridgehead atoms. The van der Waals surface area contributed by atoms with Crippen LogP contribution in [-0.4, -0.2) is 61.9 Å². The van der Waals surface area contributed by atoms with Crippen LogP contribution in [0.5, 0.6) is 11.5 Å². The number of methoxy groups -OCH3 is 2. The van der Waals surface area contributed by atoms with E-state index in [2.05, 4.69) is 18.7 Å². The second-order valence-corrected chi connectivity index (χ2v) is 9.82. The molecule has 1 aromatic heterocycles. The molecule has 1 amide bonds. The molecule has 0 unspecified atom stereocenters. The number of thioether (sulfide) groups is 1. The Morgan fingerprint density at radius 2 is 1.79 bits per heavy atom. The van der Waals surface area contributed by atoms with Crippen molar-refractivity contribution in [3.63, 3.8) is 0 Å². The van der Waals surface area contributed by atoms with Gasteiger partial charge in [0.2, 0.25) is 5.91 Å². The summed E-state index contributed by atoms with van der Waals surface area (Å²) >= 11 is 9.51. The van der Waals surface area contributed by atoms with Gasteiger partial charge in [0.05, 0.1) is 23.9 Å². The summed E-state index contributed by atoms with van der Waals surface area (Å²) in [4.78, 5) is 23.3. The number of thiazole rings is 1. The summed E-state index contributed by atoms with van der Waals surface area (Å²) < 4.78 is 11.5. The van der Waals surface area contributed by atoms with Crippen molar-refractivity contribution in [2.75, 3.05) is 51.1 Å². The molecule has 1 heterocycles. The van der Waals surface area contributed by atoms with E-state index < -0.39 is 0 Å². The number of nitrogens with zero attached hydrogens (tertiary/aromatic N) is 3. The fourth-order valence-electron chi connectivity index (χ4n) is 3.39. The molecule has 0 spiro atoms. The zero-order valence-corrected chi connectivity index (χ0v) is 21.9. The Labute approximate surface area is 208 Å².